The molecule has 5 nitrogen and oxygen atoms in total. The summed E-state index contributed by atoms with van der Waals surface area (Å²) >= 11 is 1.29. The van der Waals surface area contributed by atoms with E-state index in [1.807, 2.05) is 26.0 Å². The van der Waals surface area contributed by atoms with E-state index >= 15 is 0 Å². The highest BCUT2D eigenvalue weighted by molar-refractivity contribution is 7.17. The van der Waals surface area contributed by atoms with Crippen LogP contribution in [0.3, 0.4) is 0 Å². The smallest absolute Gasteiger partial charge is 0.267 e. The Kier molecular flexibility index (Phi) is 3.69. The number of anilines is 1. The minimum atomic E-state index is -0.606. The summed E-state index contributed by atoms with van der Waals surface area (Å²) in [5, 5.41) is 14.8. The molecule has 3 rings (SSSR count). The highest BCUT2D eigenvalue weighted by atomic mass is 32.1. The molecular formula is C17H16N2O3S. The summed E-state index contributed by atoms with van der Waals surface area (Å²) < 4.78 is 1.90. The Hall–Kier alpha value is -2.60. The number of carbonyl (C=O) groups is 1. The molecule has 6 heteroatoms. The molecule has 1 amide bonds. The van der Waals surface area contributed by atoms with Crippen LogP contribution in [0.1, 0.15) is 21.5 Å². The monoisotopic (exact) mass is 328 g/mol. The van der Waals surface area contributed by atoms with E-state index in [1.54, 1.807) is 24.6 Å². The number of aromatic hydroxyl groups is 1. The molecule has 0 saturated heterocycles. The Morgan fingerprint density at radius 1 is 1.26 bits per heavy atom. The quantitative estimate of drug-likeness (QED) is 0.759. The van der Waals surface area contributed by atoms with Crippen LogP contribution in [-0.2, 0) is 7.05 Å². The van der Waals surface area contributed by atoms with Crippen molar-refractivity contribution in [2.75, 3.05) is 5.32 Å². The van der Waals surface area contributed by atoms with E-state index in [0.29, 0.717) is 15.9 Å². The van der Waals surface area contributed by atoms with Crippen molar-refractivity contribution < 1.29 is 9.90 Å². The van der Waals surface area contributed by atoms with Gasteiger partial charge >= 0.3 is 0 Å². The van der Waals surface area contributed by atoms with E-state index in [2.05, 4.69) is 5.32 Å². The molecule has 0 aliphatic carbocycles. The lowest BCUT2D eigenvalue weighted by molar-refractivity contribution is 0.102. The average molecular weight is 328 g/mol. The number of pyridine rings is 1. The fourth-order valence-corrected chi connectivity index (χ4v) is 3.45. The van der Waals surface area contributed by atoms with Crippen LogP contribution in [0.4, 0.5) is 5.69 Å². The van der Waals surface area contributed by atoms with E-state index in [4.69, 9.17) is 0 Å². The first-order valence-electron chi connectivity index (χ1n) is 7.08. The Morgan fingerprint density at radius 3 is 2.70 bits per heavy atom. The summed E-state index contributed by atoms with van der Waals surface area (Å²) in [7, 11) is 1.59. The first-order valence-corrected chi connectivity index (χ1v) is 7.96. The predicted molar refractivity (Wildman–Crippen MR) is 92.6 cm³/mol. The summed E-state index contributed by atoms with van der Waals surface area (Å²) in [5.74, 6) is -0.870. The Morgan fingerprint density at radius 2 is 2.00 bits per heavy atom. The van der Waals surface area contributed by atoms with Gasteiger partial charge in [-0.2, -0.15) is 0 Å². The summed E-state index contributed by atoms with van der Waals surface area (Å²) in [6.07, 6.45) is 0. The molecule has 23 heavy (non-hydrogen) atoms. The van der Waals surface area contributed by atoms with Gasteiger partial charge in [0.25, 0.3) is 11.5 Å². The largest absolute Gasteiger partial charge is 0.505 e. The van der Waals surface area contributed by atoms with Crippen LogP contribution in [0.25, 0.3) is 10.2 Å². The minimum absolute atomic E-state index is 0.234. The van der Waals surface area contributed by atoms with Crippen molar-refractivity contribution in [3.8, 4) is 5.75 Å². The third-order valence-corrected chi connectivity index (χ3v) is 4.74. The number of benzene rings is 1. The fraction of sp³-hybridized carbons (Fsp3) is 0.176. The van der Waals surface area contributed by atoms with Gasteiger partial charge in [0.2, 0.25) is 0 Å². The topological polar surface area (TPSA) is 71.3 Å². The highest BCUT2D eigenvalue weighted by Crippen LogP contribution is 2.31. The predicted octanol–water partition coefficient (Wildman–Crippen LogP) is 3.17. The molecule has 0 atom stereocenters. The van der Waals surface area contributed by atoms with Gasteiger partial charge in [0.15, 0.2) is 5.75 Å². The lowest BCUT2D eigenvalue weighted by Gasteiger charge is -2.11. The van der Waals surface area contributed by atoms with Gasteiger partial charge in [0.1, 0.15) is 5.56 Å². The van der Waals surface area contributed by atoms with Crippen LogP contribution in [0.2, 0.25) is 0 Å². The van der Waals surface area contributed by atoms with E-state index < -0.39 is 11.5 Å². The second kappa shape index (κ2) is 5.55. The second-order valence-electron chi connectivity index (χ2n) is 5.50. The molecule has 2 heterocycles. The fourth-order valence-electron chi connectivity index (χ4n) is 2.58. The molecule has 0 bridgehead atoms. The first kappa shape index (κ1) is 15.3. The SMILES string of the molecule is Cc1ccc(NC(=O)c2c(O)c3sccc3n(C)c2=O)c(C)c1. The van der Waals surface area contributed by atoms with Crippen molar-refractivity contribution >= 4 is 33.1 Å². The van der Waals surface area contributed by atoms with Crippen molar-refractivity contribution in [2.45, 2.75) is 13.8 Å². The molecule has 2 N–H and O–H groups in total. The molecule has 0 saturated carbocycles. The molecule has 0 unspecified atom stereocenters. The Balaban J connectivity index is 2.09. The van der Waals surface area contributed by atoms with Crippen LogP contribution >= 0.6 is 11.3 Å². The van der Waals surface area contributed by atoms with Crippen LogP contribution in [0, 0.1) is 13.8 Å². The zero-order chi connectivity index (χ0) is 16.7. The van der Waals surface area contributed by atoms with E-state index in [-0.39, 0.29) is 11.3 Å². The van der Waals surface area contributed by atoms with Crippen molar-refractivity contribution in [3.05, 3.63) is 56.7 Å². The molecule has 0 spiro atoms. The van der Waals surface area contributed by atoms with Crippen LogP contribution in [0.15, 0.2) is 34.4 Å². The number of nitrogens with one attached hydrogen (secondary N) is 1. The molecule has 0 radical (unpaired) electrons. The number of hydrogen-bond donors (Lipinski definition) is 2. The first-order chi connectivity index (χ1) is 10.9. The summed E-state index contributed by atoms with van der Waals surface area (Å²) in [6, 6.07) is 7.35. The maximum absolute atomic E-state index is 12.5. The number of aromatic nitrogens is 1. The number of amides is 1. The van der Waals surface area contributed by atoms with Gasteiger partial charge in [-0.1, -0.05) is 17.7 Å². The molecule has 3 aromatic rings. The van der Waals surface area contributed by atoms with Gasteiger partial charge in [-0.25, -0.2) is 0 Å². The third-order valence-electron chi connectivity index (χ3n) is 3.83. The maximum Gasteiger partial charge on any atom is 0.267 e. The number of carbonyl (C=O) groups excluding carboxylic acids is 1. The minimum Gasteiger partial charge on any atom is -0.505 e. The van der Waals surface area contributed by atoms with Crippen LogP contribution in [-0.4, -0.2) is 15.6 Å². The standard InChI is InChI=1S/C17H16N2O3S/c1-9-4-5-11(10(2)8-9)18-16(21)13-14(20)15-12(6-7-23-15)19(3)17(13)22/h4-8,20H,1-3H3,(H,18,21). The zero-order valence-electron chi connectivity index (χ0n) is 13.0. The van der Waals surface area contributed by atoms with Crippen molar-refractivity contribution in [3.63, 3.8) is 0 Å². The summed E-state index contributed by atoms with van der Waals surface area (Å²) in [6.45, 7) is 3.84. The summed E-state index contributed by atoms with van der Waals surface area (Å²) in [4.78, 5) is 24.9. The number of thiophene rings is 1. The van der Waals surface area contributed by atoms with Gasteiger partial charge in [-0.15, -0.1) is 11.3 Å². The van der Waals surface area contributed by atoms with Gasteiger partial charge in [0.05, 0.1) is 10.2 Å². The van der Waals surface area contributed by atoms with Gasteiger partial charge in [-0.05, 0) is 36.9 Å². The second-order valence-corrected chi connectivity index (χ2v) is 6.41. The number of fused-ring (bicyclic) bond motifs is 1. The number of aryl methyl sites for hydroxylation is 3. The molecule has 0 aliphatic heterocycles. The van der Waals surface area contributed by atoms with Crippen LogP contribution < -0.4 is 10.9 Å². The zero-order valence-corrected chi connectivity index (χ0v) is 13.8. The maximum atomic E-state index is 12.5. The molecule has 118 valence electrons. The number of rotatable bonds is 2. The molecule has 0 aliphatic rings. The lowest BCUT2D eigenvalue weighted by Crippen LogP contribution is -2.28. The van der Waals surface area contributed by atoms with E-state index in [9.17, 15) is 14.7 Å². The lowest BCUT2D eigenvalue weighted by atomic mass is 10.1. The Bertz CT molecular complexity index is 985. The molecular weight excluding hydrogens is 312 g/mol. The third kappa shape index (κ3) is 2.51. The molecule has 2 aromatic heterocycles. The van der Waals surface area contributed by atoms with Gasteiger partial charge < -0.3 is 15.0 Å². The van der Waals surface area contributed by atoms with Gasteiger partial charge in [0, 0.05) is 12.7 Å². The van der Waals surface area contributed by atoms with Crippen molar-refractivity contribution in [2.24, 2.45) is 7.05 Å². The molecule has 1 aromatic carbocycles. The number of hydrogen-bond acceptors (Lipinski definition) is 4. The van der Waals surface area contributed by atoms with E-state index in [1.165, 1.54) is 15.9 Å². The molecule has 0 fully saturated rings. The van der Waals surface area contributed by atoms with Gasteiger partial charge in [-0.3, -0.25) is 9.59 Å². The Labute approximate surface area is 136 Å². The summed E-state index contributed by atoms with van der Waals surface area (Å²) in [5.41, 5.74) is 2.46. The average Bonchev–Trinajstić information content (AvgIpc) is 2.98. The van der Waals surface area contributed by atoms with E-state index in [0.717, 1.165) is 11.1 Å². The highest BCUT2D eigenvalue weighted by Gasteiger charge is 2.22. The van der Waals surface area contributed by atoms with Crippen molar-refractivity contribution in [1.29, 1.82) is 0 Å². The van der Waals surface area contributed by atoms with Crippen LogP contribution in [0.5, 0.6) is 5.75 Å². The van der Waals surface area contributed by atoms with Crippen molar-refractivity contribution in [1.82, 2.24) is 4.57 Å². The number of nitrogens with zero attached hydrogens (tertiary/aromatic N) is 1. The normalized spacial score (nSPS) is 10.9.